The maximum Gasteiger partial charge on any atom is 0.229 e. The third kappa shape index (κ3) is 3.14. The fourth-order valence-electron chi connectivity index (χ4n) is 2.21. The smallest absolute Gasteiger partial charge is 0.229 e. The number of halogens is 2. The molecule has 1 saturated heterocycles. The van der Waals surface area contributed by atoms with Crippen LogP contribution in [0.4, 0.5) is 5.95 Å². The van der Waals surface area contributed by atoms with Crippen molar-refractivity contribution in [2.75, 3.05) is 18.0 Å². The molecule has 1 aliphatic heterocycles. The summed E-state index contributed by atoms with van der Waals surface area (Å²) in [6.07, 6.45) is 0. The van der Waals surface area contributed by atoms with E-state index in [1.165, 1.54) is 0 Å². The number of aromatic nitrogens is 3. The third-order valence-electron chi connectivity index (χ3n) is 3.56. The second kappa shape index (κ2) is 5.80. The van der Waals surface area contributed by atoms with Gasteiger partial charge in [0, 0.05) is 34.3 Å². The van der Waals surface area contributed by atoms with Crippen molar-refractivity contribution >= 4 is 29.2 Å². The summed E-state index contributed by atoms with van der Waals surface area (Å²) in [6.45, 7) is 1.95. The Kier molecular flexibility index (Phi) is 3.63. The van der Waals surface area contributed by atoms with Gasteiger partial charge in [-0.3, -0.25) is 0 Å². The lowest BCUT2D eigenvalue weighted by Gasteiger charge is -2.08. The molecule has 2 aromatic carbocycles. The summed E-state index contributed by atoms with van der Waals surface area (Å²) in [6, 6.07) is 15.0. The lowest BCUT2D eigenvalue weighted by atomic mass is 10.2. The van der Waals surface area contributed by atoms with Gasteiger partial charge in [-0.05, 0) is 48.5 Å². The SMILES string of the molecule is Clc1ccc(-c2nc(-c3ccc(Cl)cc3)nc(N3CC3)n2)cc1. The van der Waals surface area contributed by atoms with E-state index in [4.69, 9.17) is 23.2 Å². The van der Waals surface area contributed by atoms with E-state index in [0.717, 1.165) is 24.2 Å². The van der Waals surface area contributed by atoms with Crippen LogP contribution in [0.25, 0.3) is 22.8 Å². The predicted octanol–water partition coefficient (Wildman–Crippen LogP) is 4.33. The summed E-state index contributed by atoms with van der Waals surface area (Å²) in [5, 5.41) is 1.37. The Balaban J connectivity index is 1.82. The Bertz CT molecular complexity index is 780. The summed E-state index contributed by atoms with van der Waals surface area (Å²) < 4.78 is 0. The molecule has 4 nitrogen and oxygen atoms in total. The molecule has 0 amide bonds. The summed E-state index contributed by atoms with van der Waals surface area (Å²) in [5.74, 6) is 1.99. The highest BCUT2D eigenvalue weighted by atomic mass is 35.5. The minimum absolute atomic E-state index is 0.642. The highest BCUT2D eigenvalue weighted by Crippen LogP contribution is 2.26. The number of nitrogens with zero attached hydrogens (tertiary/aromatic N) is 4. The fraction of sp³-hybridized carbons (Fsp3) is 0.118. The zero-order valence-corrected chi connectivity index (χ0v) is 13.6. The van der Waals surface area contributed by atoms with Gasteiger partial charge < -0.3 is 4.90 Å². The molecule has 0 spiro atoms. The number of hydrogen-bond donors (Lipinski definition) is 0. The molecule has 6 heteroatoms. The van der Waals surface area contributed by atoms with Crippen LogP contribution in [0.3, 0.4) is 0 Å². The predicted molar refractivity (Wildman–Crippen MR) is 92.9 cm³/mol. The van der Waals surface area contributed by atoms with Gasteiger partial charge in [0.2, 0.25) is 5.95 Å². The molecule has 4 rings (SSSR count). The van der Waals surface area contributed by atoms with Gasteiger partial charge in [-0.1, -0.05) is 23.2 Å². The Morgan fingerprint density at radius 2 is 1.09 bits per heavy atom. The Morgan fingerprint density at radius 3 is 1.48 bits per heavy atom. The van der Waals surface area contributed by atoms with E-state index in [2.05, 4.69) is 19.9 Å². The van der Waals surface area contributed by atoms with E-state index in [0.29, 0.717) is 27.6 Å². The summed E-state index contributed by atoms with van der Waals surface area (Å²) >= 11 is 11.9. The minimum atomic E-state index is 0.642. The minimum Gasteiger partial charge on any atom is -0.337 e. The first-order valence-corrected chi connectivity index (χ1v) is 7.97. The molecular weight excluding hydrogens is 331 g/mol. The van der Waals surface area contributed by atoms with E-state index in [-0.39, 0.29) is 0 Å². The first kappa shape index (κ1) is 14.4. The maximum absolute atomic E-state index is 5.96. The average molecular weight is 343 g/mol. The van der Waals surface area contributed by atoms with Crippen LogP contribution in [-0.4, -0.2) is 28.0 Å². The van der Waals surface area contributed by atoms with Gasteiger partial charge in [0.15, 0.2) is 11.6 Å². The van der Waals surface area contributed by atoms with E-state index in [1.54, 1.807) is 0 Å². The van der Waals surface area contributed by atoms with Crippen LogP contribution in [0.2, 0.25) is 10.0 Å². The lowest BCUT2D eigenvalue weighted by molar-refractivity contribution is 1.04. The van der Waals surface area contributed by atoms with Gasteiger partial charge in [-0.25, -0.2) is 4.98 Å². The van der Waals surface area contributed by atoms with Crippen molar-refractivity contribution in [3.63, 3.8) is 0 Å². The third-order valence-corrected chi connectivity index (χ3v) is 4.06. The van der Waals surface area contributed by atoms with Crippen molar-refractivity contribution in [1.82, 2.24) is 15.0 Å². The van der Waals surface area contributed by atoms with Gasteiger partial charge >= 0.3 is 0 Å². The largest absolute Gasteiger partial charge is 0.337 e. The number of anilines is 1. The van der Waals surface area contributed by atoms with Crippen molar-refractivity contribution in [3.05, 3.63) is 58.6 Å². The van der Waals surface area contributed by atoms with Gasteiger partial charge in [0.05, 0.1) is 0 Å². The zero-order chi connectivity index (χ0) is 15.8. The molecular formula is C17H12Cl2N4. The summed E-state index contributed by atoms with van der Waals surface area (Å²) in [4.78, 5) is 15.9. The summed E-state index contributed by atoms with van der Waals surface area (Å²) in [7, 11) is 0. The van der Waals surface area contributed by atoms with Crippen LogP contribution in [0.1, 0.15) is 0 Å². The molecule has 0 saturated carbocycles. The molecule has 114 valence electrons. The molecule has 1 fully saturated rings. The van der Waals surface area contributed by atoms with E-state index in [9.17, 15) is 0 Å². The van der Waals surface area contributed by atoms with Gasteiger partial charge in [0.25, 0.3) is 0 Å². The van der Waals surface area contributed by atoms with Gasteiger partial charge in [0.1, 0.15) is 0 Å². The van der Waals surface area contributed by atoms with Crippen molar-refractivity contribution < 1.29 is 0 Å². The molecule has 2 heterocycles. The maximum atomic E-state index is 5.96. The molecule has 0 N–H and O–H groups in total. The number of hydrogen-bond acceptors (Lipinski definition) is 4. The lowest BCUT2D eigenvalue weighted by Crippen LogP contribution is -2.04. The zero-order valence-electron chi connectivity index (χ0n) is 12.1. The van der Waals surface area contributed by atoms with Gasteiger partial charge in [-0.2, -0.15) is 9.97 Å². The van der Waals surface area contributed by atoms with E-state index in [1.807, 2.05) is 48.5 Å². The molecule has 0 bridgehead atoms. The standard InChI is InChI=1S/C17H12Cl2N4/c18-13-5-1-11(2-6-13)15-20-16(12-3-7-14(19)8-4-12)22-17(21-15)23-9-10-23/h1-8H,9-10H2. The first-order chi connectivity index (χ1) is 11.2. The quantitative estimate of drug-likeness (QED) is 0.664. The highest BCUT2D eigenvalue weighted by molar-refractivity contribution is 6.30. The molecule has 1 aromatic heterocycles. The molecule has 0 atom stereocenters. The normalized spacial score (nSPS) is 13.2. The molecule has 0 unspecified atom stereocenters. The summed E-state index contributed by atoms with van der Waals surface area (Å²) in [5.41, 5.74) is 1.82. The second-order valence-electron chi connectivity index (χ2n) is 5.28. The Morgan fingerprint density at radius 1 is 0.652 bits per heavy atom. The monoisotopic (exact) mass is 342 g/mol. The van der Waals surface area contributed by atoms with Crippen molar-refractivity contribution in [2.24, 2.45) is 0 Å². The van der Waals surface area contributed by atoms with Crippen molar-refractivity contribution in [1.29, 1.82) is 0 Å². The molecule has 0 aliphatic carbocycles. The van der Waals surface area contributed by atoms with Crippen molar-refractivity contribution in [2.45, 2.75) is 0 Å². The molecule has 23 heavy (non-hydrogen) atoms. The first-order valence-electron chi connectivity index (χ1n) is 7.22. The van der Waals surface area contributed by atoms with E-state index < -0.39 is 0 Å². The van der Waals surface area contributed by atoms with Crippen LogP contribution in [0, 0.1) is 0 Å². The highest BCUT2D eigenvalue weighted by Gasteiger charge is 2.23. The van der Waals surface area contributed by atoms with Crippen molar-refractivity contribution in [3.8, 4) is 22.8 Å². The van der Waals surface area contributed by atoms with E-state index >= 15 is 0 Å². The topological polar surface area (TPSA) is 41.7 Å². The Hall–Kier alpha value is -2.17. The van der Waals surface area contributed by atoms with Gasteiger partial charge in [-0.15, -0.1) is 0 Å². The fourth-order valence-corrected chi connectivity index (χ4v) is 2.46. The van der Waals surface area contributed by atoms with Crippen LogP contribution in [0.5, 0.6) is 0 Å². The average Bonchev–Trinajstić information content (AvgIpc) is 3.41. The Labute approximate surface area is 143 Å². The molecule has 1 aliphatic rings. The second-order valence-corrected chi connectivity index (χ2v) is 6.16. The number of rotatable bonds is 3. The number of benzene rings is 2. The van der Waals surface area contributed by atoms with Crippen LogP contribution >= 0.6 is 23.2 Å². The molecule has 3 aromatic rings. The van der Waals surface area contributed by atoms with Crippen LogP contribution in [-0.2, 0) is 0 Å². The molecule has 0 radical (unpaired) electrons. The van der Waals surface area contributed by atoms with Crippen LogP contribution in [0.15, 0.2) is 48.5 Å². The van der Waals surface area contributed by atoms with Crippen LogP contribution < -0.4 is 4.90 Å².